The third-order valence-electron chi connectivity index (χ3n) is 1.94. The summed E-state index contributed by atoms with van der Waals surface area (Å²) >= 11 is 0. The van der Waals surface area contributed by atoms with E-state index in [1.807, 2.05) is 19.9 Å². The molecule has 1 rings (SSSR count). The van der Waals surface area contributed by atoms with Gasteiger partial charge >= 0.3 is 0 Å². The van der Waals surface area contributed by atoms with Gasteiger partial charge in [0, 0.05) is 11.8 Å². The number of carbonyl (C=O) groups excluding carboxylic acids is 1. The van der Waals surface area contributed by atoms with E-state index in [0.717, 1.165) is 17.4 Å². The van der Waals surface area contributed by atoms with Gasteiger partial charge in [0.1, 0.15) is 5.75 Å². The zero-order valence-electron chi connectivity index (χ0n) is 9.07. The summed E-state index contributed by atoms with van der Waals surface area (Å²) in [7, 11) is -3.25. The van der Waals surface area contributed by atoms with Crippen molar-refractivity contribution in [3.63, 3.8) is 0 Å². The monoisotopic (exact) mass is 226 g/mol. The summed E-state index contributed by atoms with van der Waals surface area (Å²) in [6.07, 6.45) is 1.06. The molecule has 0 atom stereocenters. The van der Waals surface area contributed by atoms with E-state index < -0.39 is 15.6 Å². The van der Waals surface area contributed by atoms with Crippen molar-refractivity contribution in [3.05, 3.63) is 34.9 Å². The molecule has 1 aromatic carbocycles. The molecule has 0 aliphatic rings. The van der Waals surface area contributed by atoms with Gasteiger partial charge in [0.2, 0.25) is 0 Å². The van der Waals surface area contributed by atoms with Crippen LogP contribution in [0.3, 0.4) is 0 Å². The number of benzene rings is 1. The standard InChI is InChI=1S/C11H14O3S/c1-8-4-9(2)6-10(5-8)11(12)7-15(3,13)14/h4-6H,7H2,1-3H3. The molecule has 0 N–H and O–H groups in total. The molecule has 0 aliphatic heterocycles. The molecule has 82 valence electrons. The predicted octanol–water partition coefficient (Wildman–Crippen LogP) is 1.53. The van der Waals surface area contributed by atoms with Crippen LogP contribution in [-0.2, 0) is 9.84 Å². The summed E-state index contributed by atoms with van der Waals surface area (Å²) in [5, 5.41) is 0. The van der Waals surface area contributed by atoms with Crippen LogP contribution in [0.25, 0.3) is 0 Å². The van der Waals surface area contributed by atoms with Crippen LogP contribution >= 0.6 is 0 Å². The van der Waals surface area contributed by atoms with E-state index in [1.165, 1.54) is 0 Å². The Morgan fingerprint density at radius 1 is 1.13 bits per heavy atom. The highest BCUT2D eigenvalue weighted by Crippen LogP contribution is 2.10. The molecule has 1 aromatic rings. The predicted molar refractivity (Wildman–Crippen MR) is 60.0 cm³/mol. The highest BCUT2D eigenvalue weighted by Gasteiger charge is 2.13. The Hall–Kier alpha value is -1.16. The molecule has 0 aromatic heterocycles. The molecular formula is C11H14O3S. The van der Waals surface area contributed by atoms with Gasteiger partial charge in [-0.2, -0.15) is 0 Å². The Morgan fingerprint density at radius 3 is 2.00 bits per heavy atom. The summed E-state index contributed by atoms with van der Waals surface area (Å²) < 4.78 is 21.9. The molecule has 15 heavy (non-hydrogen) atoms. The highest BCUT2D eigenvalue weighted by molar-refractivity contribution is 7.91. The number of Topliss-reactive ketones (excluding diaryl/α,β-unsaturated/α-hetero) is 1. The van der Waals surface area contributed by atoms with Gasteiger partial charge in [0.05, 0.1) is 0 Å². The second kappa shape index (κ2) is 4.14. The number of rotatable bonds is 3. The van der Waals surface area contributed by atoms with Crippen molar-refractivity contribution in [1.29, 1.82) is 0 Å². The minimum absolute atomic E-state index is 0.343. The molecule has 4 heteroatoms. The van der Waals surface area contributed by atoms with Gasteiger partial charge in [-0.05, 0) is 26.0 Å². The Balaban J connectivity index is 3.02. The summed E-state index contributed by atoms with van der Waals surface area (Å²) in [4.78, 5) is 11.6. The van der Waals surface area contributed by atoms with Gasteiger partial charge in [-0.3, -0.25) is 4.79 Å². The number of ketones is 1. The fourth-order valence-electron chi connectivity index (χ4n) is 1.46. The molecule has 0 amide bonds. The van der Waals surface area contributed by atoms with E-state index in [4.69, 9.17) is 0 Å². The summed E-state index contributed by atoms with van der Waals surface area (Å²) in [5.41, 5.74) is 2.40. The number of carbonyl (C=O) groups is 1. The van der Waals surface area contributed by atoms with Crippen LogP contribution in [0, 0.1) is 13.8 Å². The maximum absolute atomic E-state index is 11.6. The zero-order chi connectivity index (χ0) is 11.6. The lowest BCUT2D eigenvalue weighted by Gasteiger charge is -2.03. The average Bonchev–Trinajstić information content (AvgIpc) is 1.98. The van der Waals surface area contributed by atoms with Gasteiger partial charge in [0.15, 0.2) is 15.6 Å². The van der Waals surface area contributed by atoms with Crippen molar-refractivity contribution in [2.24, 2.45) is 0 Å². The largest absolute Gasteiger partial charge is 0.293 e. The molecule has 0 heterocycles. The lowest BCUT2D eigenvalue weighted by molar-refractivity contribution is 0.102. The van der Waals surface area contributed by atoms with E-state index in [9.17, 15) is 13.2 Å². The van der Waals surface area contributed by atoms with Crippen molar-refractivity contribution in [1.82, 2.24) is 0 Å². The number of hydrogen-bond acceptors (Lipinski definition) is 3. The molecular weight excluding hydrogens is 212 g/mol. The van der Waals surface area contributed by atoms with Crippen molar-refractivity contribution in [3.8, 4) is 0 Å². The molecule has 0 spiro atoms. The first-order valence-electron chi connectivity index (χ1n) is 4.57. The van der Waals surface area contributed by atoms with E-state index in [-0.39, 0.29) is 5.78 Å². The van der Waals surface area contributed by atoms with Crippen LogP contribution in [-0.4, -0.2) is 26.2 Å². The minimum atomic E-state index is -3.25. The van der Waals surface area contributed by atoms with E-state index in [2.05, 4.69) is 0 Å². The summed E-state index contributed by atoms with van der Waals surface area (Å²) in [5.74, 6) is -0.764. The smallest absolute Gasteiger partial charge is 0.177 e. The minimum Gasteiger partial charge on any atom is -0.293 e. The van der Waals surface area contributed by atoms with Crippen molar-refractivity contribution in [2.75, 3.05) is 12.0 Å². The Morgan fingerprint density at radius 2 is 1.60 bits per heavy atom. The van der Waals surface area contributed by atoms with Crippen molar-refractivity contribution in [2.45, 2.75) is 13.8 Å². The first-order valence-corrected chi connectivity index (χ1v) is 6.63. The fourth-order valence-corrected chi connectivity index (χ4v) is 2.10. The number of hydrogen-bond donors (Lipinski definition) is 0. The van der Waals surface area contributed by atoms with Crippen LogP contribution in [0.5, 0.6) is 0 Å². The Kier molecular flexibility index (Phi) is 3.29. The maximum Gasteiger partial charge on any atom is 0.177 e. The summed E-state index contributed by atoms with van der Waals surface area (Å²) in [6.45, 7) is 3.76. The second-order valence-corrected chi connectivity index (χ2v) is 6.01. The Labute approximate surface area is 90.0 Å². The van der Waals surface area contributed by atoms with Crippen LogP contribution in [0.1, 0.15) is 21.5 Å². The highest BCUT2D eigenvalue weighted by atomic mass is 32.2. The van der Waals surface area contributed by atoms with E-state index in [0.29, 0.717) is 5.56 Å². The van der Waals surface area contributed by atoms with Gasteiger partial charge in [-0.1, -0.05) is 17.2 Å². The molecule has 0 bridgehead atoms. The van der Waals surface area contributed by atoms with Gasteiger partial charge < -0.3 is 0 Å². The third kappa shape index (κ3) is 3.83. The topological polar surface area (TPSA) is 51.2 Å². The second-order valence-electron chi connectivity index (χ2n) is 3.87. The first-order chi connectivity index (χ1) is 6.78. The van der Waals surface area contributed by atoms with E-state index >= 15 is 0 Å². The van der Waals surface area contributed by atoms with Crippen LogP contribution in [0.2, 0.25) is 0 Å². The van der Waals surface area contributed by atoms with Crippen molar-refractivity contribution < 1.29 is 13.2 Å². The van der Waals surface area contributed by atoms with Crippen LogP contribution in [0.4, 0.5) is 0 Å². The molecule has 3 nitrogen and oxygen atoms in total. The summed E-state index contributed by atoms with van der Waals surface area (Å²) in [6, 6.07) is 5.36. The SMILES string of the molecule is Cc1cc(C)cc(C(=O)CS(C)(=O)=O)c1. The quantitative estimate of drug-likeness (QED) is 0.734. The third-order valence-corrected chi connectivity index (χ3v) is 2.72. The zero-order valence-corrected chi connectivity index (χ0v) is 9.89. The van der Waals surface area contributed by atoms with Crippen LogP contribution in [0.15, 0.2) is 18.2 Å². The lowest BCUT2D eigenvalue weighted by Crippen LogP contribution is -2.14. The molecule has 0 fully saturated rings. The first kappa shape index (κ1) is 11.9. The van der Waals surface area contributed by atoms with E-state index in [1.54, 1.807) is 12.1 Å². The fraction of sp³-hybridized carbons (Fsp3) is 0.364. The molecule has 0 radical (unpaired) electrons. The van der Waals surface area contributed by atoms with Crippen LogP contribution < -0.4 is 0 Å². The normalized spacial score (nSPS) is 11.4. The molecule has 0 saturated heterocycles. The number of sulfone groups is 1. The molecule has 0 saturated carbocycles. The lowest BCUT2D eigenvalue weighted by atomic mass is 10.1. The van der Waals surface area contributed by atoms with Crippen molar-refractivity contribution >= 4 is 15.6 Å². The molecule has 0 unspecified atom stereocenters. The van der Waals surface area contributed by atoms with Gasteiger partial charge in [-0.25, -0.2) is 8.42 Å². The van der Waals surface area contributed by atoms with Gasteiger partial charge in [0.25, 0.3) is 0 Å². The number of aryl methyl sites for hydroxylation is 2. The average molecular weight is 226 g/mol. The maximum atomic E-state index is 11.6. The molecule has 0 aliphatic carbocycles. The Bertz CT molecular complexity index is 466. The van der Waals surface area contributed by atoms with Gasteiger partial charge in [-0.15, -0.1) is 0 Å².